The average molecular weight is 159 g/mol. The van der Waals surface area contributed by atoms with Crippen molar-refractivity contribution in [3.8, 4) is 0 Å². The van der Waals surface area contributed by atoms with E-state index in [4.69, 9.17) is 14.1 Å². The second-order valence-electron chi connectivity index (χ2n) is 0.283. The molecule has 0 heterocycles. The van der Waals surface area contributed by atoms with Crippen molar-refractivity contribution in [2.75, 3.05) is 0 Å². The van der Waals surface area contributed by atoms with Gasteiger partial charge in [-0.2, -0.15) is 0 Å². The van der Waals surface area contributed by atoms with Crippen molar-refractivity contribution in [1.82, 2.24) is 0 Å². The van der Waals surface area contributed by atoms with E-state index in [2.05, 4.69) is 0 Å². The fourth-order valence-electron chi connectivity index (χ4n) is 0. The molecule has 0 aliphatic carbocycles. The van der Waals surface area contributed by atoms with Crippen LogP contribution in [0.5, 0.6) is 0 Å². The normalized spacial score (nSPS) is 4.00. The topological polar surface area (TPSA) is 57.5 Å². The van der Waals surface area contributed by atoms with Crippen LogP contribution in [0.4, 0.5) is 0 Å². The van der Waals surface area contributed by atoms with Crippen LogP contribution in [-0.4, -0.2) is 41.8 Å². The zero-order valence-corrected chi connectivity index (χ0v) is 4.36. The van der Waals surface area contributed by atoms with E-state index >= 15 is 0 Å². The molecular weight excluding hydrogens is 155 g/mol. The van der Waals surface area contributed by atoms with Crippen molar-refractivity contribution in [3.63, 3.8) is 0 Å². The van der Waals surface area contributed by atoms with E-state index in [0.29, 0.717) is 0 Å². The molecule has 6 heavy (non-hydrogen) atoms. The molecule has 0 aliphatic heterocycles. The summed E-state index contributed by atoms with van der Waals surface area (Å²) in [7, 11) is -3.13. The van der Waals surface area contributed by atoms with Crippen molar-refractivity contribution >= 4 is 32.2 Å². The van der Waals surface area contributed by atoms with Gasteiger partial charge in [-0.15, -0.1) is 0 Å². The number of hydrogen-bond acceptors (Lipinski definition) is 1. The van der Waals surface area contributed by atoms with E-state index < -0.39 is 9.17 Å². The molecule has 0 bridgehead atoms. The Morgan fingerprint density at radius 3 is 1.33 bits per heavy atom. The van der Waals surface area contributed by atoms with Crippen LogP contribution >= 0.6 is 0 Å². The summed E-state index contributed by atoms with van der Waals surface area (Å²) < 4.78 is 8.74. The molecule has 0 fully saturated rings. The van der Waals surface area contributed by atoms with Gasteiger partial charge in [0.15, 0.2) is 0 Å². The van der Waals surface area contributed by atoms with Gasteiger partial charge in [0, 0.05) is 17.1 Å². The quantitative estimate of drug-likeness (QED) is 0.383. The van der Waals surface area contributed by atoms with E-state index in [1.165, 1.54) is 0 Å². The minimum Gasteiger partial charge on any atom is -0.511 e. The van der Waals surface area contributed by atoms with Gasteiger partial charge in [-0.1, -0.05) is 0 Å². The Balaban J connectivity index is -0.0000000450. The van der Waals surface area contributed by atoms with Gasteiger partial charge in [-0.3, -0.25) is 4.46 Å². The molecule has 0 aromatic heterocycles. The maximum Gasteiger partial charge on any atom is 0.761 e. The first-order chi connectivity index (χ1) is 1.73. The Morgan fingerprint density at radius 2 is 1.33 bits per heavy atom. The van der Waals surface area contributed by atoms with Crippen LogP contribution in [0.25, 0.3) is 0 Å². The Hall–Kier alpha value is 0.903. The van der Waals surface area contributed by atoms with Gasteiger partial charge in [0.25, 0.3) is 0 Å². The molecule has 2 N–H and O–H groups in total. The molecule has 0 unspecified atom stereocenters. The summed E-state index contributed by atoms with van der Waals surface area (Å²) >= 11 is 0. The summed E-state index contributed by atoms with van der Waals surface area (Å²) in [5, 5.41) is 0. The van der Waals surface area contributed by atoms with Crippen LogP contribution in [0.2, 0.25) is 0 Å². The van der Waals surface area contributed by atoms with Crippen molar-refractivity contribution in [2.45, 2.75) is 0 Å². The van der Waals surface area contributed by atoms with E-state index in [1.807, 2.05) is 0 Å². The van der Waals surface area contributed by atoms with Crippen LogP contribution in [0.1, 0.15) is 0 Å². The molecule has 0 atom stereocenters. The van der Waals surface area contributed by atoms with Crippen molar-refractivity contribution in [3.05, 3.63) is 0 Å². The first-order valence-electron chi connectivity index (χ1n) is 0.651. The summed E-state index contributed by atoms with van der Waals surface area (Å²) in [4.78, 5) is 14.3. The predicted molar refractivity (Wildman–Crippen MR) is 19.4 cm³/mol. The van der Waals surface area contributed by atoms with Crippen molar-refractivity contribution < 1.29 is 31.1 Å². The largest absolute Gasteiger partial charge is 0.761 e. The summed E-state index contributed by atoms with van der Waals surface area (Å²) in [6.45, 7) is 0. The van der Waals surface area contributed by atoms with Crippen molar-refractivity contribution in [2.24, 2.45) is 0 Å². The smallest absolute Gasteiger partial charge is 0.511 e. The van der Waals surface area contributed by atoms with Gasteiger partial charge in [-0.05, 0) is 0 Å². The minimum absolute atomic E-state index is 0. The summed E-state index contributed by atoms with van der Waals surface area (Å²) in [5.41, 5.74) is 0. The first-order valence-corrected chi connectivity index (χ1v) is 1.95. The molecule has 0 saturated heterocycles. The third kappa shape index (κ3) is 91.7. The predicted octanol–water partition coefficient (Wildman–Crippen LogP) is -2.53. The molecule has 0 aromatic rings. The summed E-state index contributed by atoms with van der Waals surface area (Å²) in [5.74, 6) is 0. The molecule has 0 rings (SSSR count). The molecular formula is H4MgMnO3Si. The van der Waals surface area contributed by atoms with Crippen LogP contribution in [0.3, 0.4) is 0 Å². The van der Waals surface area contributed by atoms with Gasteiger partial charge in [-0.25, -0.2) is 0 Å². The van der Waals surface area contributed by atoms with Gasteiger partial charge in [0.1, 0.15) is 0 Å². The monoisotopic (exact) mass is 159 g/mol. The van der Waals surface area contributed by atoms with Crippen LogP contribution in [0.15, 0.2) is 0 Å². The standard InChI is InChI=1S/Mg.Mn.H2O3Si.2H/c;;1-4(2)3;;/h;;1-2H;;. The maximum absolute atomic E-state index is 8.74. The Labute approximate surface area is 63.3 Å². The molecule has 35 valence electrons. The van der Waals surface area contributed by atoms with Gasteiger partial charge >= 0.3 is 32.2 Å². The van der Waals surface area contributed by atoms with Crippen molar-refractivity contribution in [1.29, 1.82) is 0 Å². The van der Waals surface area contributed by atoms with E-state index in [1.54, 1.807) is 0 Å². The fraction of sp³-hybridized carbons (Fsp3) is 0. The molecule has 1 radical (unpaired) electrons. The Bertz CT molecular complexity index is 33.8. The number of hydrogen-bond donors (Lipinski definition) is 2. The Morgan fingerprint density at radius 1 is 1.33 bits per heavy atom. The molecule has 0 aliphatic rings. The maximum atomic E-state index is 8.74. The zero-order valence-electron chi connectivity index (χ0n) is 2.18. The molecule has 3 nitrogen and oxygen atoms in total. The first kappa shape index (κ1) is 15.8. The Kier molecular flexibility index (Phi) is 24.5. The average Bonchev–Trinajstić information content (AvgIpc) is 0.811. The van der Waals surface area contributed by atoms with Crippen LogP contribution < -0.4 is 0 Å². The molecule has 0 spiro atoms. The number of rotatable bonds is 0. The van der Waals surface area contributed by atoms with Crippen LogP contribution in [-0.2, 0) is 21.5 Å². The third-order valence-corrected chi connectivity index (χ3v) is 0. The molecule has 0 aromatic carbocycles. The van der Waals surface area contributed by atoms with E-state index in [0.717, 1.165) is 0 Å². The van der Waals surface area contributed by atoms with Crippen LogP contribution in [0, 0.1) is 0 Å². The van der Waals surface area contributed by atoms with Gasteiger partial charge in [0.05, 0.1) is 0 Å². The van der Waals surface area contributed by atoms with Gasteiger partial charge in [0.2, 0.25) is 0 Å². The second-order valence-corrected chi connectivity index (χ2v) is 0.848. The van der Waals surface area contributed by atoms with E-state index in [9.17, 15) is 0 Å². The molecule has 0 saturated carbocycles. The SMILES string of the molecule is O=[Si](O)O.[MgH2].[Mn]. The van der Waals surface area contributed by atoms with E-state index in [-0.39, 0.29) is 40.1 Å². The molecule has 6 heteroatoms. The minimum atomic E-state index is -3.13. The third-order valence-electron chi connectivity index (χ3n) is 0. The zero-order chi connectivity index (χ0) is 3.58. The van der Waals surface area contributed by atoms with Gasteiger partial charge < -0.3 is 9.59 Å². The summed E-state index contributed by atoms with van der Waals surface area (Å²) in [6, 6.07) is 0. The summed E-state index contributed by atoms with van der Waals surface area (Å²) in [6.07, 6.45) is 0. The molecule has 0 amide bonds. The fourth-order valence-corrected chi connectivity index (χ4v) is 0. The second kappa shape index (κ2) is 9.32.